The maximum absolute atomic E-state index is 14.4. The number of carbonyl (C=O) groups is 1. The SMILES string of the molecule is O=C(CC[C@@H]1CN(Cc2ccccc2Cl)CC[C@@H]1N1CCN(c2ccccc2F)CC1)NCCN1CCOCC1. The van der Waals surface area contributed by atoms with Gasteiger partial charge in [0.15, 0.2) is 0 Å². The number of piperazine rings is 1. The second kappa shape index (κ2) is 14.6. The van der Waals surface area contributed by atoms with Crippen LogP contribution in [0.25, 0.3) is 0 Å². The predicted molar refractivity (Wildman–Crippen MR) is 158 cm³/mol. The van der Waals surface area contributed by atoms with Crippen molar-refractivity contribution in [3.63, 3.8) is 0 Å². The number of nitrogens with zero attached hydrogens (tertiary/aromatic N) is 4. The van der Waals surface area contributed by atoms with Crippen LogP contribution in [0.2, 0.25) is 5.02 Å². The number of ether oxygens (including phenoxy) is 1. The molecule has 40 heavy (non-hydrogen) atoms. The molecule has 0 spiro atoms. The molecule has 0 aliphatic carbocycles. The van der Waals surface area contributed by atoms with Gasteiger partial charge in [-0.25, -0.2) is 4.39 Å². The summed E-state index contributed by atoms with van der Waals surface area (Å²) in [5.41, 5.74) is 1.85. The summed E-state index contributed by atoms with van der Waals surface area (Å²) in [6.45, 7) is 11.2. The van der Waals surface area contributed by atoms with E-state index in [0.29, 0.717) is 30.6 Å². The Morgan fingerprint density at radius 2 is 1.70 bits per heavy atom. The van der Waals surface area contributed by atoms with Gasteiger partial charge in [-0.1, -0.05) is 41.9 Å². The van der Waals surface area contributed by atoms with Gasteiger partial charge in [-0.2, -0.15) is 0 Å². The van der Waals surface area contributed by atoms with Crippen LogP contribution in [0.1, 0.15) is 24.8 Å². The Morgan fingerprint density at radius 3 is 2.48 bits per heavy atom. The number of halogens is 2. The number of nitrogens with one attached hydrogen (secondary N) is 1. The van der Waals surface area contributed by atoms with Crippen LogP contribution in [0, 0.1) is 11.7 Å². The third-order valence-electron chi connectivity index (χ3n) is 8.70. The van der Waals surface area contributed by atoms with E-state index in [-0.39, 0.29) is 11.7 Å². The fourth-order valence-electron chi connectivity index (χ4n) is 6.46. The lowest BCUT2D eigenvalue weighted by Crippen LogP contribution is -2.57. The average Bonchev–Trinajstić information content (AvgIpc) is 2.98. The Hall–Kier alpha value is -2.23. The Bertz CT molecular complexity index is 1090. The highest BCUT2D eigenvalue weighted by molar-refractivity contribution is 6.31. The first-order valence-corrected chi connectivity index (χ1v) is 15.2. The van der Waals surface area contributed by atoms with Gasteiger partial charge >= 0.3 is 0 Å². The van der Waals surface area contributed by atoms with E-state index in [4.69, 9.17) is 16.3 Å². The van der Waals surface area contributed by atoms with Crippen LogP contribution in [0.3, 0.4) is 0 Å². The molecule has 2 aromatic rings. The molecule has 0 radical (unpaired) electrons. The third kappa shape index (κ3) is 7.95. The third-order valence-corrected chi connectivity index (χ3v) is 9.07. The van der Waals surface area contributed by atoms with Crippen molar-refractivity contribution in [2.24, 2.45) is 5.92 Å². The van der Waals surface area contributed by atoms with Crippen molar-refractivity contribution in [1.29, 1.82) is 0 Å². The van der Waals surface area contributed by atoms with Gasteiger partial charge in [0, 0.05) is 82.9 Å². The van der Waals surface area contributed by atoms with Gasteiger partial charge in [0.25, 0.3) is 0 Å². The monoisotopic (exact) mass is 571 g/mol. The highest BCUT2D eigenvalue weighted by atomic mass is 35.5. The first-order chi connectivity index (χ1) is 19.6. The molecule has 9 heteroatoms. The minimum Gasteiger partial charge on any atom is -0.379 e. The summed E-state index contributed by atoms with van der Waals surface area (Å²) in [6, 6.07) is 15.6. The van der Waals surface area contributed by atoms with E-state index < -0.39 is 0 Å². The van der Waals surface area contributed by atoms with E-state index in [1.807, 2.05) is 30.3 Å². The van der Waals surface area contributed by atoms with E-state index in [9.17, 15) is 9.18 Å². The first-order valence-electron chi connectivity index (χ1n) is 14.8. The standard InChI is InChI=1S/C31H43ClFN5O2/c32-27-6-2-1-5-25(27)23-36-13-11-29(37-15-17-38(18-16-37)30-8-4-3-7-28(30)33)26(24-36)9-10-31(39)34-12-14-35-19-21-40-22-20-35/h1-8,26,29H,9-24H2,(H,34,39)/t26-,29+/m1/s1. The van der Waals surface area contributed by atoms with Crippen molar-refractivity contribution in [2.45, 2.75) is 31.8 Å². The molecule has 3 aliphatic rings. The fraction of sp³-hybridized carbons (Fsp3) is 0.581. The van der Waals surface area contributed by atoms with Crippen LogP contribution >= 0.6 is 11.6 Å². The summed E-state index contributed by atoms with van der Waals surface area (Å²) in [7, 11) is 0. The Kier molecular flexibility index (Phi) is 10.7. The van der Waals surface area contributed by atoms with Crippen molar-refractivity contribution in [1.82, 2.24) is 20.0 Å². The number of para-hydroxylation sites is 1. The number of carbonyl (C=O) groups excluding carboxylic acids is 1. The molecule has 3 saturated heterocycles. The lowest BCUT2D eigenvalue weighted by molar-refractivity contribution is -0.121. The molecule has 0 saturated carbocycles. The molecule has 7 nitrogen and oxygen atoms in total. The van der Waals surface area contributed by atoms with Gasteiger partial charge in [0.05, 0.1) is 18.9 Å². The lowest BCUT2D eigenvalue weighted by atomic mass is 9.86. The Morgan fingerprint density at radius 1 is 0.950 bits per heavy atom. The van der Waals surface area contributed by atoms with Crippen LogP contribution in [-0.2, 0) is 16.1 Å². The second-order valence-electron chi connectivity index (χ2n) is 11.3. The second-order valence-corrected chi connectivity index (χ2v) is 11.7. The van der Waals surface area contributed by atoms with Crippen LogP contribution in [0.5, 0.6) is 0 Å². The lowest BCUT2D eigenvalue weighted by Gasteiger charge is -2.47. The number of piperidine rings is 1. The molecule has 0 unspecified atom stereocenters. The number of likely N-dealkylation sites (tertiary alicyclic amines) is 1. The topological polar surface area (TPSA) is 51.3 Å². The van der Waals surface area contributed by atoms with Crippen molar-refractivity contribution in [2.75, 3.05) is 83.6 Å². The minimum atomic E-state index is -0.152. The zero-order valence-electron chi connectivity index (χ0n) is 23.4. The normalized spacial score (nSPS) is 23.3. The molecule has 3 aliphatic heterocycles. The molecule has 0 aromatic heterocycles. The van der Waals surface area contributed by atoms with E-state index in [1.165, 1.54) is 0 Å². The van der Waals surface area contributed by atoms with Crippen LogP contribution in [-0.4, -0.2) is 105 Å². The summed E-state index contributed by atoms with van der Waals surface area (Å²) in [5, 5.41) is 3.95. The van der Waals surface area contributed by atoms with E-state index in [0.717, 1.165) is 102 Å². The van der Waals surface area contributed by atoms with Gasteiger partial charge in [-0.05, 0) is 49.1 Å². The van der Waals surface area contributed by atoms with E-state index in [2.05, 4.69) is 31.0 Å². The Labute approximate surface area is 243 Å². The molecule has 5 rings (SSSR count). The van der Waals surface area contributed by atoms with Gasteiger partial charge in [0.1, 0.15) is 5.82 Å². The highest BCUT2D eigenvalue weighted by Gasteiger charge is 2.35. The quantitative estimate of drug-likeness (QED) is 0.469. The molecule has 2 atom stereocenters. The Balaban J connectivity index is 1.17. The van der Waals surface area contributed by atoms with Crippen molar-refractivity contribution in [3.8, 4) is 0 Å². The fourth-order valence-corrected chi connectivity index (χ4v) is 6.65. The molecular weight excluding hydrogens is 529 g/mol. The zero-order chi connectivity index (χ0) is 27.7. The smallest absolute Gasteiger partial charge is 0.220 e. The number of hydrogen-bond donors (Lipinski definition) is 1. The number of rotatable bonds is 10. The maximum Gasteiger partial charge on any atom is 0.220 e. The molecule has 2 aromatic carbocycles. The average molecular weight is 572 g/mol. The number of anilines is 1. The van der Waals surface area contributed by atoms with Crippen molar-refractivity contribution >= 4 is 23.2 Å². The summed E-state index contributed by atoms with van der Waals surface area (Å²) >= 11 is 6.48. The number of amides is 1. The maximum atomic E-state index is 14.4. The van der Waals surface area contributed by atoms with Crippen LogP contribution in [0.15, 0.2) is 48.5 Å². The molecule has 218 valence electrons. The largest absolute Gasteiger partial charge is 0.379 e. The van der Waals surface area contributed by atoms with Gasteiger partial charge in [0.2, 0.25) is 5.91 Å². The van der Waals surface area contributed by atoms with E-state index in [1.54, 1.807) is 12.1 Å². The summed E-state index contributed by atoms with van der Waals surface area (Å²) in [5.74, 6) is 0.377. The zero-order valence-corrected chi connectivity index (χ0v) is 24.2. The highest BCUT2D eigenvalue weighted by Crippen LogP contribution is 2.30. The predicted octanol–water partition coefficient (Wildman–Crippen LogP) is 3.72. The van der Waals surface area contributed by atoms with Crippen molar-refractivity contribution < 1.29 is 13.9 Å². The van der Waals surface area contributed by atoms with Gasteiger partial charge < -0.3 is 15.0 Å². The molecular formula is C31H43ClFN5O2. The van der Waals surface area contributed by atoms with Crippen LogP contribution < -0.4 is 10.2 Å². The van der Waals surface area contributed by atoms with Crippen molar-refractivity contribution in [3.05, 3.63) is 64.9 Å². The number of hydrogen-bond acceptors (Lipinski definition) is 6. The minimum absolute atomic E-state index is 0.139. The van der Waals surface area contributed by atoms with E-state index >= 15 is 0 Å². The summed E-state index contributed by atoms with van der Waals surface area (Å²) < 4.78 is 19.8. The molecule has 1 amide bonds. The van der Waals surface area contributed by atoms with Gasteiger partial charge in [-0.3, -0.25) is 19.5 Å². The molecule has 3 fully saturated rings. The summed E-state index contributed by atoms with van der Waals surface area (Å²) in [4.78, 5) is 22.4. The molecule has 1 N–H and O–H groups in total. The number of morpholine rings is 1. The van der Waals surface area contributed by atoms with Gasteiger partial charge in [-0.15, -0.1) is 0 Å². The molecule has 0 bridgehead atoms. The van der Waals surface area contributed by atoms with Crippen LogP contribution in [0.4, 0.5) is 10.1 Å². The molecule has 3 heterocycles. The summed E-state index contributed by atoms with van der Waals surface area (Å²) in [6.07, 6.45) is 2.47. The number of benzene rings is 2. The first kappa shape index (κ1) is 29.3.